The van der Waals surface area contributed by atoms with E-state index in [4.69, 9.17) is 27.5 Å². The summed E-state index contributed by atoms with van der Waals surface area (Å²) in [4.78, 5) is 10.4. The van der Waals surface area contributed by atoms with Gasteiger partial charge in [0.15, 0.2) is 0 Å². The summed E-state index contributed by atoms with van der Waals surface area (Å²) < 4.78 is 6.05. The van der Waals surface area contributed by atoms with Crippen LogP contribution in [0.25, 0.3) is 0 Å². The van der Waals surface area contributed by atoms with Crippen molar-refractivity contribution in [2.45, 2.75) is 0 Å². The van der Waals surface area contributed by atoms with Gasteiger partial charge in [0.25, 0.3) is 0 Å². The third-order valence-electron chi connectivity index (χ3n) is 2.58. The van der Waals surface area contributed by atoms with Crippen LogP contribution in [0.3, 0.4) is 0 Å². The maximum absolute atomic E-state index is 11.0. The van der Waals surface area contributed by atoms with Crippen LogP contribution < -0.4 is 10.5 Å². The van der Waals surface area contributed by atoms with Crippen molar-refractivity contribution >= 4 is 39.1 Å². The van der Waals surface area contributed by atoms with Gasteiger partial charge in [0, 0.05) is 27.2 Å². The largest absolute Gasteiger partial charge is 0.450 e. The highest BCUT2D eigenvalue weighted by atomic mass is 79.9. The fourth-order valence-electron chi connectivity index (χ4n) is 1.63. The Labute approximate surface area is 133 Å². The molecule has 0 aliphatic carbocycles. The van der Waals surface area contributed by atoms with E-state index < -0.39 is 4.92 Å². The predicted molar refractivity (Wildman–Crippen MR) is 83.3 cm³/mol. The quantitative estimate of drug-likeness (QED) is 0.366. The molecule has 0 aliphatic heterocycles. The predicted octanol–water partition coefficient (Wildman–Crippen LogP) is 4.09. The number of nitro benzene ring substituents is 1. The van der Waals surface area contributed by atoms with E-state index in [9.17, 15) is 10.1 Å². The molecule has 0 spiro atoms. The van der Waals surface area contributed by atoms with E-state index in [0.29, 0.717) is 20.8 Å². The molecule has 0 aliphatic rings. The summed E-state index contributed by atoms with van der Waals surface area (Å²) in [5.74, 6) is 0.300. The molecule has 0 atom stereocenters. The Morgan fingerprint density at radius 1 is 1.33 bits per heavy atom. The summed E-state index contributed by atoms with van der Waals surface area (Å²) in [6, 6.07) is 8.77. The lowest BCUT2D eigenvalue weighted by Crippen LogP contribution is -2.11. The monoisotopic (exact) mass is 369 g/mol. The van der Waals surface area contributed by atoms with Crippen molar-refractivity contribution in [2.75, 3.05) is 0 Å². The van der Waals surface area contributed by atoms with Crippen LogP contribution >= 0.6 is 27.5 Å². The lowest BCUT2D eigenvalue weighted by molar-refractivity contribution is -0.385. The van der Waals surface area contributed by atoms with Crippen LogP contribution in [-0.2, 0) is 0 Å². The fourth-order valence-corrected chi connectivity index (χ4v) is 2.36. The summed E-state index contributed by atoms with van der Waals surface area (Å²) in [6.45, 7) is 0. The summed E-state index contributed by atoms with van der Waals surface area (Å²) >= 11 is 9.09. The van der Waals surface area contributed by atoms with Crippen LogP contribution in [0, 0.1) is 15.5 Å². The SMILES string of the molecule is N=C(N)c1ccc(Oc2cc(Cl)ccc2[N+](=O)[O-])cc1Br. The normalized spacial score (nSPS) is 10.2. The molecule has 0 saturated heterocycles. The molecular formula is C13H9BrClN3O3. The van der Waals surface area contributed by atoms with Crippen molar-refractivity contribution in [1.29, 1.82) is 5.41 Å². The zero-order valence-electron chi connectivity index (χ0n) is 10.5. The number of nitrogens with two attached hydrogens (primary N) is 1. The second-order valence-corrected chi connectivity index (χ2v) is 5.32. The van der Waals surface area contributed by atoms with Crippen molar-refractivity contribution in [3.63, 3.8) is 0 Å². The first-order chi connectivity index (χ1) is 9.88. The Morgan fingerprint density at radius 3 is 2.62 bits per heavy atom. The lowest BCUT2D eigenvalue weighted by atomic mass is 10.2. The van der Waals surface area contributed by atoms with Crippen molar-refractivity contribution in [3.05, 3.63) is 61.6 Å². The number of hydrogen-bond acceptors (Lipinski definition) is 4. The van der Waals surface area contributed by atoms with Crippen LogP contribution in [0.4, 0.5) is 5.69 Å². The first kappa shape index (κ1) is 15.3. The summed E-state index contributed by atoms with van der Waals surface area (Å²) in [6.07, 6.45) is 0. The van der Waals surface area contributed by atoms with Crippen molar-refractivity contribution < 1.29 is 9.66 Å². The number of nitro groups is 1. The minimum atomic E-state index is -0.551. The van der Waals surface area contributed by atoms with Gasteiger partial charge in [0.2, 0.25) is 5.75 Å². The van der Waals surface area contributed by atoms with E-state index in [2.05, 4.69) is 15.9 Å². The van der Waals surface area contributed by atoms with E-state index in [-0.39, 0.29) is 17.3 Å². The van der Waals surface area contributed by atoms with Gasteiger partial charge >= 0.3 is 5.69 Å². The molecule has 0 saturated carbocycles. The Morgan fingerprint density at radius 2 is 2.05 bits per heavy atom. The van der Waals surface area contributed by atoms with Gasteiger partial charge in [-0.1, -0.05) is 11.6 Å². The molecule has 2 aromatic carbocycles. The molecule has 3 N–H and O–H groups in total. The van der Waals surface area contributed by atoms with Crippen LogP contribution in [0.2, 0.25) is 5.02 Å². The van der Waals surface area contributed by atoms with Crippen LogP contribution in [0.5, 0.6) is 11.5 Å². The van der Waals surface area contributed by atoms with E-state index in [1.807, 2.05) is 0 Å². The third-order valence-corrected chi connectivity index (χ3v) is 3.47. The van der Waals surface area contributed by atoms with Gasteiger partial charge in [-0.05, 0) is 40.2 Å². The first-order valence-electron chi connectivity index (χ1n) is 5.64. The third kappa shape index (κ3) is 3.50. The number of rotatable bonds is 4. The van der Waals surface area contributed by atoms with E-state index >= 15 is 0 Å². The van der Waals surface area contributed by atoms with Gasteiger partial charge in [-0.15, -0.1) is 0 Å². The molecule has 8 heteroatoms. The summed E-state index contributed by atoms with van der Waals surface area (Å²) in [5, 5.41) is 18.7. The number of benzene rings is 2. The maximum Gasteiger partial charge on any atom is 0.311 e. The minimum Gasteiger partial charge on any atom is -0.450 e. The van der Waals surface area contributed by atoms with Gasteiger partial charge in [-0.3, -0.25) is 15.5 Å². The number of ether oxygens (including phenoxy) is 1. The van der Waals surface area contributed by atoms with Crippen molar-refractivity contribution in [1.82, 2.24) is 0 Å². The van der Waals surface area contributed by atoms with Gasteiger partial charge in [0.05, 0.1) is 4.92 Å². The molecule has 0 bridgehead atoms. The highest BCUT2D eigenvalue weighted by Crippen LogP contribution is 2.35. The maximum atomic E-state index is 11.0. The Bertz CT molecular complexity index is 737. The molecule has 0 radical (unpaired) electrons. The van der Waals surface area contributed by atoms with Crippen LogP contribution in [-0.4, -0.2) is 10.8 Å². The van der Waals surface area contributed by atoms with Crippen molar-refractivity contribution in [3.8, 4) is 11.5 Å². The molecular weight excluding hydrogens is 362 g/mol. The topological polar surface area (TPSA) is 102 Å². The molecule has 108 valence electrons. The van der Waals surface area contributed by atoms with E-state index in [0.717, 1.165) is 0 Å². The second-order valence-electron chi connectivity index (χ2n) is 4.03. The number of nitrogens with one attached hydrogen (secondary N) is 1. The average molecular weight is 371 g/mol. The number of nitrogen functional groups attached to an aromatic ring is 1. The number of hydrogen-bond donors (Lipinski definition) is 2. The van der Waals surface area contributed by atoms with Gasteiger partial charge in [-0.2, -0.15) is 0 Å². The molecule has 0 aromatic heterocycles. The highest BCUT2D eigenvalue weighted by molar-refractivity contribution is 9.10. The molecule has 2 rings (SSSR count). The van der Waals surface area contributed by atoms with Gasteiger partial charge < -0.3 is 10.5 Å². The smallest absolute Gasteiger partial charge is 0.311 e. The molecule has 21 heavy (non-hydrogen) atoms. The van der Waals surface area contributed by atoms with Crippen LogP contribution in [0.1, 0.15) is 5.56 Å². The molecule has 0 fully saturated rings. The van der Waals surface area contributed by atoms with Crippen LogP contribution in [0.15, 0.2) is 40.9 Å². The minimum absolute atomic E-state index is 0.0370. The summed E-state index contributed by atoms with van der Waals surface area (Å²) in [7, 11) is 0. The molecule has 0 unspecified atom stereocenters. The lowest BCUT2D eigenvalue weighted by Gasteiger charge is -2.09. The average Bonchev–Trinajstić information content (AvgIpc) is 2.37. The van der Waals surface area contributed by atoms with E-state index in [1.54, 1.807) is 18.2 Å². The Hall–Kier alpha value is -2.12. The Balaban J connectivity index is 2.38. The zero-order chi connectivity index (χ0) is 15.6. The molecule has 6 nitrogen and oxygen atoms in total. The second kappa shape index (κ2) is 6.11. The van der Waals surface area contributed by atoms with Crippen molar-refractivity contribution in [2.24, 2.45) is 5.73 Å². The number of nitrogens with zero attached hydrogens (tertiary/aromatic N) is 1. The molecule has 0 amide bonds. The standard InChI is InChI=1S/C13H9BrClN3O3/c14-10-6-8(2-3-9(10)13(16)17)21-12-5-7(15)1-4-11(12)18(19)20/h1-6H,(H3,16,17). The van der Waals surface area contributed by atoms with E-state index in [1.165, 1.54) is 18.2 Å². The fraction of sp³-hybridized carbons (Fsp3) is 0. The zero-order valence-corrected chi connectivity index (χ0v) is 12.8. The molecule has 0 heterocycles. The Kier molecular flexibility index (Phi) is 4.44. The van der Waals surface area contributed by atoms with Gasteiger partial charge in [-0.25, -0.2) is 0 Å². The highest BCUT2D eigenvalue weighted by Gasteiger charge is 2.16. The number of amidine groups is 1. The summed E-state index contributed by atoms with van der Waals surface area (Å²) in [5.41, 5.74) is 5.72. The molecule has 2 aromatic rings. The number of halogens is 2. The first-order valence-corrected chi connectivity index (χ1v) is 6.81. The van der Waals surface area contributed by atoms with Gasteiger partial charge in [0.1, 0.15) is 11.6 Å².